The number of carbonyl (C=O) groups excluding carboxylic acids is 2. The van der Waals surface area contributed by atoms with Gasteiger partial charge in [0.25, 0.3) is 0 Å². The van der Waals surface area contributed by atoms with Crippen LogP contribution in [0.25, 0.3) is 0 Å². The Labute approximate surface area is 98.4 Å². The predicted molar refractivity (Wildman–Crippen MR) is 65.2 cm³/mol. The van der Waals surface area contributed by atoms with E-state index in [1.165, 1.54) is 0 Å². The van der Waals surface area contributed by atoms with Gasteiger partial charge < -0.3 is 10.2 Å². The molecule has 0 aromatic carbocycles. The van der Waals surface area contributed by atoms with Gasteiger partial charge in [-0.1, -0.05) is 20.8 Å². The van der Waals surface area contributed by atoms with Gasteiger partial charge in [0.05, 0.1) is 6.04 Å². The minimum atomic E-state index is -0.366. The van der Waals surface area contributed by atoms with Gasteiger partial charge in [-0.2, -0.15) is 0 Å². The molecule has 0 saturated heterocycles. The van der Waals surface area contributed by atoms with Crippen molar-refractivity contribution in [3.8, 4) is 0 Å². The normalized spacial score (nSPS) is 13.4. The summed E-state index contributed by atoms with van der Waals surface area (Å²) in [6, 6.07) is -0.233. The smallest absolute Gasteiger partial charge is 0.222 e. The van der Waals surface area contributed by atoms with Crippen LogP contribution in [-0.2, 0) is 9.59 Å². The van der Waals surface area contributed by atoms with Gasteiger partial charge in [0.15, 0.2) is 5.78 Å². The fourth-order valence-electron chi connectivity index (χ4n) is 1.42. The molecule has 0 aliphatic carbocycles. The van der Waals surface area contributed by atoms with Gasteiger partial charge in [-0.15, -0.1) is 0 Å². The first-order chi connectivity index (χ1) is 7.20. The second kappa shape index (κ2) is 5.99. The summed E-state index contributed by atoms with van der Waals surface area (Å²) in [5, 5.41) is 2.98. The van der Waals surface area contributed by atoms with E-state index in [9.17, 15) is 9.59 Å². The highest BCUT2D eigenvalue weighted by atomic mass is 16.2. The third-order valence-electron chi connectivity index (χ3n) is 2.55. The van der Waals surface area contributed by atoms with E-state index in [4.69, 9.17) is 0 Å². The fraction of sp³-hybridized carbons (Fsp3) is 0.833. The maximum atomic E-state index is 12.0. The van der Waals surface area contributed by atoms with Crippen molar-refractivity contribution in [1.29, 1.82) is 0 Å². The van der Waals surface area contributed by atoms with Gasteiger partial charge in [-0.25, -0.2) is 0 Å². The van der Waals surface area contributed by atoms with Crippen LogP contribution >= 0.6 is 0 Å². The molecule has 1 atom stereocenters. The average Bonchev–Trinajstić information content (AvgIpc) is 2.16. The SMILES string of the molecule is CNC(CCC(=O)N(C)C)C(=O)C(C)(C)C. The summed E-state index contributed by atoms with van der Waals surface area (Å²) in [7, 11) is 5.21. The summed E-state index contributed by atoms with van der Waals surface area (Å²) in [5.41, 5.74) is -0.366. The van der Waals surface area contributed by atoms with E-state index < -0.39 is 0 Å². The molecule has 0 fully saturated rings. The number of nitrogens with zero attached hydrogens (tertiary/aromatic N) is 1. The topological polar surface area (TPSA) is 49.4 Å². The highest BCUT2D eigenvalue weighted by Gasteiger charge is 2.28. The standard InChI is InChI=1S/C12H24N2O2/c1-12(2,3)11(16)9(13-4)7-8-10(15)14(5)6/h9,13H,7-8H2,1-6H3. The Balaban J connectivity index is 4.33. The maximum Gasteiger partial charge on any atom is 0.222 e. The van der Waals surface area contributed by atoms with E-state index in [0.29, 0.717) is 12.8 Å². The summed E-state index contributed by atoms with van der Waals surface area (Å²) in [4.78, 5) is 25.0. The quantitative estimate of drug-likeness (QED) is 0.765. The summed E-state index contributed by atoms with van der Waals surface area (Å²) in [6.07, 6.45) is 0.962. The summed E-state index contributed by atoms with van der Waals surface area (Å²) in [6.45, 7) is 5.69. The second-order valence-corrected chi connectivity index (χ2v) is 5.28. The van der Waals surface area contributed by atoms with Crippen molar-refractivity contribution < 1.29 is 9.59 Å². The molecule has 1 unspecified atom stereocenters. The first-order valence-corrected chi connectivity index (χ1v) is 5.62. The van der Waals surface area contributed by atoms with Crippen LogP contribution in [0, 0.1) is 5.41 Å². The third kappa shape index (κ3) is 4.75. The van der Waals surface area contributed by atoms with E-state index >= 15 is 0 Å². The Bertz CT molecular complexity index is 254. The molecule has 0 saturated carbocycles. The number of likely N-dealkylation sites (N-methyl/N-ethyl adjacent to an activating group) is 1. The van der Waals surface area contributed by atoms with Crippen LogP contribution in [0.4, 0.5) is 0 Å². The van der Waals surface area contributed by atoms with Crippen LogP contribution in [0.2, 0.25) is 0 Å². The van der Waals surface area contributed by atoms with Gasteiger partial charge in [0.1, 0.15) is 0 Å². The Morgan fingerprint density at radius 2 is 1.75 bits per heavy atom. The van der Waals surface area contributed by atoms with Gasteiger partial charge in [0, 0.05) is 25.9 Å². The zero-order valence-electron chi connectivity index (χ0n) is 11.3. The van der Waals surface area contributed by atoms with Crippen molar-refractivity contribution in [1.82, 2.24) is 10.2 Å². The van der Waals surface area contributed by atoms with E-state index in [-0.39, 0.29) is 23.1 Å². The zero-order chi connectivity index (χ0) is 12.9. The lowest BCUT2D eigenvalue weighted by Gasteiger charge is -2.24. The zero-order valence-corrected chi connectivity index (χ0v) is 11.3. The third-order valence-corrected chi connectivity index (χ3v) is 2.55. The number of rotatable bonds is 5. The Hall–Kier alpha value is -0.900. The minimum absolute atomic E-state index is 0.0574. The van der Waals surface area contributed by atoms with E-state index in [2.05, 4.69) is 5.32 Å². The highest BCUT2D eigenvalue weighted by Crippen LogP contribution is 2.18. The molecule has 94 valence electrons. The van der Waals surface area contributed by atoms with Crippen LogP contribution < -0.4 is 5.32 Å². The Morgan fingerprint density at radius 3 is 2.06 bits per heavy atom. The minimum Gasteiger partial charge on any atom is -0.349 e. The number of amides is 1. The molecule has 4 heteroatoms. The molecule has 4 nitrogen and oxygen atoms in total. The first-order valence-electron chi connectivity index (χ1n) is 5.62. The number of Topliss-reactive ketones (excluding diaryl/α,β-unsaturated/α-hetero) is 1. The molecule has 0 bridgehead atoms. The Kier molecular flexibility index (Phi) is 5.65. The van der Waals surface area contributed by atoms with Gasteiger partial charge in [0.2, 0.25) is 5.91 Å². The van der Waals surface area contributed by atoms with Crippen LogP contribution in [0.1, 0.15) is 33.6 Å². The van der Waals surface area contributed by atoms with Crippen LogP contribution in [0.5, 0.6) is 0 Å². The summed E-state index contributed by atoms with van der Waals surface area (Å²) < 4.78 is 0. The molecule has 0 heterocycles. The number of carbonyl (C=O) groups is 2. The van der Waals surface area contributed by atoms with Gasteiger partial charge in [-0.05, 0) is 13.5 Å². The first kappa shape index (κ1) is 15.1. The molecule has 0 aromatic rings. The largest absolute Gasteiger partial charge is 0.349 e. The number of hydrogen-bond acceptors (Lipinski definition) is 3. The molecule has 1 N–H and O–H groups in total. The molecule has 16 heavy (non-hydrogen) atoms. The van der Waals surface area contributed by atoms with E-state index in [1.807, 2.05) is 20.8 Å². The van der Waals surface area contributed by atoms with Crippen molar-refractivity contribution in [2.24, 2.45) is 5.41 Å². The van der Waals surface area contributed by atoms with Crippen molar-refractivity contribution in [3.05, 3.63) is 0 Å². The number of ketones is 1. The van der Waals surface area contributed by atoms with Crippen molar-refractivity contribution in [2.75, 3.05) is 21.1 Å². The molecule has 1 amide bonds. The lowest BCUT2D eigenvalue weighted by Crippen LogP contribution is -2.41. The number of nitrogens with one attached hydrogen (secondary N) is 1. The van der Waals surface area contributed by atoms with Crippen LogP contribution in [0.3, 0.4) is 0 Å². The molecular formula is C12H24N2O2. The monoisotopic (exact) mass is 228 g/mol. The van der Waals surface area contributed by atoms with Crippen LogP contribution in [-0.4, -0.2) is 43.8 Å². The average molecular weight is 228 g/mol. The second-order valence-electron chi connectivity index (χ2n) is 5.28. The lowest BCUT2D eigenvalue weighted by molar-refractivity contribution is -0.130. The molecule has 0 aromatic heterocycles. The molecule has 0 radical (unpaired) electrons. The van der Waals surface area contributed by atoms with Gasteiger partial charge >= 0.3 is 0 Å². The van der Waals surface area contributed by atoms with Crippen molar-refractivity contribution >= 4 is 11.7 Å². The molecular weight excluding hydrogens is 204 g/mol. The fourth-order valence-corrected chi connectivity index (χ4v) is 1.42. The summed E-state index contributed by atoms with van der Waals surface area (Å²) in [5.74, 6) is 0.212. The Morgan fingerprint density at radius 1 is 1.25 bits per heavy atom. The van der Waals surface area contributed by atoms with Crippen molar-refractivity contribution in [2.45, 2.75) is 39.7 Å². The molecule has 0 rings (SSSR count). The van der Waals surface area contributed by atoms with E-state index in [0.717, 1.165) is 0 Å². The predicted octanol–water partition coefficient (Wildman–Crippen LogP) is 1.06. The van der Waals surface area contributed by atoms with E-state index in [1.54, 1.807) is 26.0 Å². The lowest BCUT2D eigenvalue weighted by atomic mass is 9.85. The molecule has 0 aliphatic rings. The van der Waals surface area contributed by atoms with Crippen LogP contribution in [0.15, 0.2) is 0 Å². The maximum absolute atomic E-state index is 12.0. The highest BCUT2D eigenvalue weighted by molar-refractivity contribution is 5.89. The molecule has 0 aliphatic heterocycles. The molecule has 0 spiro atoms. The summed E-state index contributed by atoms with van der Waals surface area (Å²) >= 11 is 0. The number of hydrogen-bond donors (Lipinski definition) is 1. The van der Waals surface area contributed by atoms with Gasteiger partial charge in [-0.3, -0.25) is 9.59 Å². The van der Waals surface area contributed by atoms with Crippen molar-refractivity contribution in [3.63, 3.8) is 0 Å².